The molecule has 0 fully saturated rings. The Hall–Kier alpha value is -2.17. The summed E-state index contributed by atoms with van der Waals surface area (Å²) in [6.07, 6.45) is 0. The fraction of sp³-hybridized carbons (Fsp3) is 0.385. The Labute approximate surface area is 126 Å². The molecule has 112 valence electrons. The number of amides is 1. The van der Waals surface area contributed by atoms with Crippen LogP contribution in [0.25, 0.3) is 0 Å². The van der Waals surface area contributed by atoms with Crippen LogP contribution in [0.1, 0.15) is 17.3 Å². The summed E-state index contributed by atoms with van der Waals surface area (Å²) < 4.78 is 5.15. The monoisotopic (exact) mass is 311 g/mol. The van der Waals surface area contributed by atoms with Crippen molar-refractivity contribution < 1.29 is 14.5 Å². The summed E-state index contributed by atoms with van der Waals surface area (Å²) >= 11 is 5.91. The summed E-state index contributed by atoms with van der Waals surface area (Å²) in [7, 11) is 0. The van der Waals surface area contributed by atoms with Gasteiger partial charge in [-0.25, -0.2) is 0 Å². The van der Waals surface area contributed by atoms with Crippen LogP contribution < -0.4 is 0 Å². The summed E-state index contributed by atoms with van der Waals surface area (Å²) in [5, 5.41) is 19.4. The minimum atomic E-state index is -0.595. The van der Waals surface area contributed by atoms with Gasteiger partial charge >= 0.3 is 0 Å². The number of nitrogens with zero attached hydrogens (tertiary/aromatic N) is 3. The minimum Gasteiger partial charge on any atom is -0.380 e. The molecule has 0 aliphatic heterocycles. The predicted molar refractivity (Wildman–Crippen MR) is 76.1 cm³/mol. The standard InChI is InChI=1S/C13H14ClN3O4/c1-2-21-8-7-16(6-5-15)13(18)11-4-3-10(17(19)20)9-12(11)14/h3-4,9H,2,6-8H2,1H3. The zero-order chi connectivity index (χ0) is 15.8. The molecule has 0 bridgehead atoms. The lowest BCUT2D eigenvalue weighted by Crippen LogP contribution is -2.34. The number of halogens is 1. The van der Waals surface area contributed by atoms with E-state index >= 15 is 0 Å². The SMILES string of the molecule is CCOCCN(CC#N)C(=O)c1ccc([N+](=O)[O-])cc1Cl. The van der Waals surface area contributed by atoms with Crippen LogP contribution in [0.3, 0.4) is 0 Å². The van der Waals surface area contributed by atoms with E-state index in [1.54, 1.807) is 0 Å². The van der Waals surface area contributed by atoms with Crippen molar-refractivity contribution in [1.29, 1.82) is 5.26 Å². The molecule has 0 saturated heterocycles. The normalized spacial score (nSPS) is 9.95. The second-order valence-corrected chi connectivity index (χ2v) is 4.41. The molecule has 7 nitrogen and oxygen atoms in total. The second-order valence-electron chi connectivity index (χ2n) is 4.00. The van der Waals surface area contributed by atoms with Crippen LogP contribution in [0.2, 0.25) is 5.02 Å². The molecule has 0 atom stereocenters. The summed E-state index contributed by atoms with van der Waals surface area (Å²) in [5.41, 5.74) is -0.0771. The zero-order valence-corrected chi connectivity index (χ0v) is 12.2. The number of nitro benzene ring substituents is 1. The lowest BCUT2D eigenvalue weighted by atomic mass is 10.1. The van der Waals surface area contributed by atoms with E-state index in [4.69, 9.17) is 21.6 Å². The Morgan fingerprint density at radius 1 is 1.57 bits per heavy atom. The van der Waals surface area contributed by atoms with Gasteiger partial charge in [0.05, 0.1) is 28.2 Å². The van der Waals surface area contributed by atoms with E-state index in [9.17, 15) is 14.9 Å². The molecule has 1 rings (SSSR count). The van der Waals surface area contributed by atoms with E-state index in [1.165, 1.54) is 17.0 Å². The molecule has 0 N–H and O–H groups in total. The third kappa shape index (κ3) is 4.70. The lowest BCUT2D eigenvalue weighted by molar-refractivity contribution is -0.384. The minimum absolute atomic E-state index is 0.0199. The molecule has 0 heterocycles. The maximum Gasteiger partial charge on any atom is 0.270 e. The quantitative estimate of drug-likeness (QED) is 0.333. The molecule has 1 amide bonds. The highest BCUT2D eigenvalue weighted by molar-refractivity contribution is 6.34. The highest BCUT2D eigenvalue weighted by Crippen LogP contribution is 2.23. The van der Waals surface area contributed by atoms with Crippen molar-refractivity contribution in [3.63, 3.8) is 0 Å². The van der Waals surface area contributed by atoms with Crippen molar-refractivity contribution in [2.75, 3.05) is 26.3 Å². The Morgan fingerprint density at radius 3 is 2.81 bits per heavy atom. The van der Waals surface area contributed by atoms with Crippen LogP contribution in [0.4, 0.5) is 5.69 Å². The lowest BCUT2D eigenvalue weighted by Gasteiger charge is -2.19. The molecular weight excluding hydrogens is 298 g/mol. The van der Waals surface area contributed by atoms with Crippen molar-refractivity contribution >= 4 is 23.2 Å². The fourth-order valence-electron chi connectivity index (χ4n) is 1.62. The van der Waals surface area contributed by atoms with Gasteiger partial charge in [0, 0.05) is 25.3 Å². The number of carbonyl (C=O) groups is 1. The third-order valence-corrected chi connectivity index (χ3v) is 2.97. The summed E-state index contributed by atoms with van der Waals surface area (Å²) in [6, 6.07) is 5.49. The van der Waals surface area contributed by atoms with Gasteiger partial charge in [-0.1, -0.05) is 11.6 Å². The number of benzene rings is 1. The molecular formula is C13H14ClN3O4. The third-order valence-electron chi connectivity index (χ3n) is 2.65. The summed E-state index contributed by atoms with van der Waals surface area (Å²) in [5.74, 6) is -0.462. The van der Waals surface area contributed by atoms with Gasteiger partial charge in [0.15, 0.2) is 0 Å². The van der Waals surface area contributed by atoms with Crippen LogP contribution in [0, 0.1) is 21.4 Å². The first-order valence-corrected chi connectivity index (χ1v) is 6.57. The van der Waals surface area contributed by atoms with E-state index in [-0.39, 0.29) is 29.4 Å². The number of nitro groups is 1. The Morgan fingerprint density at radius 2 is 2.29 bits per heavy atom. The number of hydrogen-bond donors (Lipinski definition) is 0. The van der Waals surface area contributed by atoms with Crippen LogP contribution >= 0.6 is 11.6 Å². The number of ether oxygens (including phenoxy) is 1. The maximum absolute atomic E-state index is 12.3. The molecule has 0 unspecified atom stereocenters. The average molecular weight is 312 g/mol. The molecule has 0 spiro atoms. The molecule has 1 aromatic carbocycles. The summed E-state index contributed by atoms with van der Waals surface area (Å²) in [4.78, 5) is 23.6. The predicted octanol–water partition coefficient (Wildman–Crippen LogP) is 2.25. The van der Waals surface area contributed by atoms with Gasteiger partial charge in [0.2, 0.25) is 0 Å². The molecule has 21 heavy (non-hydrogen) atoms. The number of rotatable bonds is 7. The number of nitriles is 1. The molecule has 0 aromatic heterocycles. The largest absolute Gasteiger partial charge is 0.380 e. The second kappa shape index (κ2) is 8.19. The molecule has 1 aromatic rings. The van der Waals surface area contributed by atoms with Gasteiger partial charge < -0.3 is 9.64 Å². The Balaban J connectivity index is 2.93. The van der Waals surface area contributed by atoms with Crippen LogP contribution in [-0.2, 0) is 4.74 Å². The first-order valence-electron chi connectivity index (χ1n) is 6.19. The van der Waals surface area contributed by atoms with Crippen molar-refractivity contribution in [2.45, 2.75) is 6.92 Å². The first-order chi connectivity index (χ1) is 10.0. The van der Waals surface area contributed by atoms with Crippen molar-refractivity contribution in [2.24, 2.45) is 0 Å². The van der Waals surface area contributed by atoms with Gasteiger partial charge in [-0.3, -0.25) is 14.9 Å². The topological polar surface area (TPSA) is 96.5 Å². The summed E-state index contributed by atoms with van der Waals surface area (Å²) in [6.45, 7) is 2.76. The van der Waals surface area contributed by atoms with Crippen molar-refractivity contribution in [3.05, 3.63) is 38.9 Å². The first kappa shape index (κ1) is 16.9. The maximum atomic E-state index is 12.3. The zero-order valence-electron chi connectivity index (χ0n) is 11.4. The number of non-ortho nitro benzene ring substituents is 1. The fourth-order valence-corrected chi connectivity index (χ4v) is 1.87. The van der Waals surface area contributed by atoms with Gasteiger partial charge in [-0.2, -0.15) is 5.26 Å². The van der Waals surface area contributed by atoms with E-state index in [0.29, 0.717) is 13.2 Å². The molecule has 0 saturated carbocycles. The molecule has 0 aliphatic carbocycles. The Kier molecular flexibility index (Phi) is 6.59. The number of carbonyl (C=O) groups excluding carboxylic acids is 1. The Bertz CT molecular complexity index is 571. The highest BCUT2D eigenvalue weighted by Gasteiger charge is 2.20. The smallest absolute Gasteiger partial charge is 0.270 e. The molecule has 0 aliphatic rings. The average Bonchev–Trinajstić information content (AvgIpc) is 2.45. The van der Waals surface area contributed by atoms with E-state index in [2.05, 4.69) is 0 Å². The van der Waals surface area contributed by atoms with Crippen molar-refractivity contribution in [3.8, 4) is 6.07 Å². The van der Waals surface area contributed by atoms with Gasteiger partial charge in [-0.05, 0) is 13.0 Å². The van der Waals surface area contributed by atoms with Gasteiger partial charge in [0.1, 0.15) is 6.54 Å². The highest BCUT2D eigenvalue weighted by atomic mass is 35.5. The van der Waals surface area contributed by atoms with Crippen molar-refractivity contribution in [1.82, 2.24) is 4.90 Å². The van der Waals surface area contributed by atoms with Crippen LogP contribution in [0.15, 0.2) is 18.2 Å². The number of hydrogen-bond acceptors (Lipinski definition) is 5. The van der Waals surface area contributed by atoms with E-state index in [1.807, 2.05) is 13.0 Å². The molecule has 0 radical (unpaired) electrons. The van der Waals surface area contributed by atoms with Crippen LogP contribution in [0.5, 0.6) is 0 Å². The van der Waals surface area contributed by atoms with E-state index in [0.717, 1.165) is 6.07 Å². The van der Waals surface area contributed by atoms with Crippen LogP contribution in [-0.4, -0.2) is 42.0 Å². The van der Waals surface area contributed by atoms with Gasteiger partial charge in [-0.15, -0.1) is 0 Å². The molecule has 8 heteroatoms. The van der Waals surface area contributed by atoms with Gasteiger partial charge in [0.25, 0.3) is 11.6 Å². The van der Waals surface area contributed by atoms with E-state index < -0.39 is 10.8 Å².